The molecule has 11 nitrogen and oxygen atoms in total. The zero-order chi connectivity index (χ0) is 27.2. The van der Waals surface area contributed by atoms with Crippen LogP contribution in [0.5, 0.6) is 0 Å². The topological polar surface area (TPSA) is 146 Å². The fraction of sp³-hybridized carbons (Fsp3) is 0.462. The van der Waals surface area contributed by atoms with Gasteiger partial charge in [-0.25, -0.2) is 18.4 Å². The lowest BCUT2D eigenvalue weighted by molar-refractivity contribution is -0.0334. The molecule has 1 aliphatic heterocycles. The van der Waals surface area contributed by atoms with Gasteiger partial charge >= 0.3 is 0 Å². The molecule has 3 aromatic heterocycles. The van der Waals surface area contributed by atoms with E-state index in [0.717, 1.165) is 39.1 Å². The van der Waals surface area contributed by atoms with Crippen LogP contribution in [0.25, 0.3) is 33.5 Å². The third kappa shape index (κ3) is 3.95. The molecule has 3 aliphatic rings. The van der Waals surface area contributed by atoms with Gasteiger partial charge in [0, 0.05) is 29.2 Å². The highest BCUT2D eigenvalue weighted by molar-refractivity contribution is 7.90. The highest BCUT2D eigenvalue weighted by atomic mass is 35.5. The molecule has 0 unspecified atom stereocenters. The second-order valence-electron chi connectivity index (χ2n) is 11.2. The number of anilines is 1. The van der Waals surface area contributed by atoms with E-state index in [4.69, 9.17) is 27.4 Å². The maximum Gasteiger partial charge on any atom is 0.256 e. The van der Waals surface area contributed by atoms with Crippen LogP contribution in [0.3, 0.4) is 0 Å². The van der Waals surface area contributed by atoms with E-state index in [1.54, 1.807) is 0 Å². The van der Waals surface area contributed by atoms with Crippen LogP contribution in [0.2, 0.25) is 5.02 Å². The molecule has 4 aromatic rings. The quantitative estimate of drug-likeness (QED) is 0.308. The second kappa shape index (κ2) is 8.47. The zero-order valence-corrected chi connectivity index (χ0v) is 23.3. The first-order valence-corrected chi connectivity index (χ1v) is 15.1. The first-order valence-electron chi connectivity index (χ1n) is 13.3. The standard InChI is InChI=1S/C26H30ClN9O2S/c1-25(33-26(34-25)8-4-3-5-9-26)23-21-18(10-16(28)11-20(21)32-35(23)2)24-29-13-19(27)22(31-24)15-12-30-36(14-15)39(37,38)17-6-7-17/h10-14,17,33-34H,3-9,28H2,1-2H3. The number of fused-ring (bicyclic) bond motifs is 1. The number of benzene rings is 1. The number of hydrogen-bond donors (Lipinski definition) is 3. The number of nitrogens with one attached hydrogen (secondary N) is 2. The number of hydrogen-bond acceptors (Lipinski definition) is 9. The van der Waals surface area contributed by atoms with Crippen LogP contribution in [-0.4, -0.2) is 48.3 Å². The predicted molar refractivity (Wildman–Crippen MR) is 149 cm³/mol. The molecule has 1 spiro atoms. The van der Waals surface area contributed by atoms with Crippen molar-refractivity contribution in [3.63, 3.8) is 0 Å². The van der Waals surface area contributed by atoms with E-state index >= 15 is 0 Å². The van der Waals surface area contributed by atoms with Crippen LogP contribution < -0.4 is 16.4 Å². The molecular formula is C26H30ClN9O2S. The third-order valence-electron chi connectivity index (χ3n) is 8.14. The molecule has 1 saturated heterocycles. The van der Waals surface area contributed by atoms with E-state index in [-0.39, 0.29) is 10.9 Å². The molecule has 0 bridgehead atoms. The Bertz CT molecular complexity index is 1730. The number of halogens is 1. The minimum atomic E-state index is -3.51. The largest absolute Gasteiger partial charge is 0.399 e. The molecule has 39 heavy (non-hydrogen) atoms. The molecule has 4 N–H and O–H groups in total. The SMILES string of the molecule is Cn1nc2cc(N)cc(-c3ncc(Cl)c(-c4cnn(S(=O)(=O)C5CC5)c4)n3)c2c1C1(C)NC2(CCCCC2)N1. The van der Waals surface area contributed by atoms with Crippen LogP contribution in [0.1, 0.15) is 57.6 Å². The first-order chi connectivity index (χ1) is 18.6. The lowest BCUT2D eigenvalue weighted by Gasteiger charge is -2.59. The van der Waals surface area contributed by atoms with E-state index in [0.29, 0.717) is 40.6 Å². The maximum absolute atomic E-state index is 12.7. The molecule has 1 aromatic carbocycles. The molecule has 0 atom stereocenters. The van der Waals surface area contributed by atoms with Crippen molar-refractivity contribution in [2.75, 3.05) is 5.73 Å². The summed E-state index contributed by atoms with van der Waals surface area (Å²) in [4.78, 5) is 9.35. The summed E-state index contributed by atoms with van der Waals surface area (Å²) in [6, 6.07) is 3.70. The lowest BCUT2D eigenvalue weighted by atomic mass is 9.80. The van der Waals surface area contributed by atoms with Gasteiger partial charge in [-0.3, -0.25) is 15.3 Å². The summed E-state index contributed by atoms with van der Waals surface area (Å²) in [6.07, 6.45) is 11.6. The van der Waals surface area contributed by atoms with Crippen molar-refractivity contribution in [2.45, 2.75) is 68.4 Å². The second-order valence-corrected chi connectivity index (χ2v) is 13.7. The highest BCUT2D eigenvalue weighted by Crippen LogP contribution is 2.44. The minimum Gasteiger partial charge on any atom is -0.399 e. The predicted octanol–water partition coefficient (Wildman–Crippen LogP) is 3.50. The van der Waals surface area contributed by atoms with Crippen LogP contribution in [0.4, 0.5) is 5.69 Å². The summed E-state index contributed by atoms with van der Waals surface area (Å²) in [5.41, 5.74) is 9.60. The van der Waals surface area contributed by atoms with Gasteiger partial charge in [0.15, 0.2) is 5.82 Å². The molecule has 204 valence electrons. The molecule has 13 heteroatoms. The number of aromatic nitrogens is 6. The van der Waals surface area contributed by atoms with Crippen molar-refractivity contribution >= 4 is 38.2 Å². The monoisotopic (exact) mass is 567 g/mol. The third-order valence-corrected chi connectivity index (χ3v) is 10.5. The Hall–Kier alpha value is -3.06. The Labute approximate surface area is 231 Å². The summed E-state index contributed by atoms with van der Waals surface area (Å²) >= 11 is 6.52. The average Bonchev–Trinajstić information content (AvgIpc) is 3.53. The number of nitrogens with two attached hydrogens (primary N) is 1. The summed E-state index contributed by atoms with van der Waals surface area (Å²) in [5.74, 6) is 0.411. The van der Waals surface area contributed by atoms with Crippen molar-refractivity contribution in [3.8, 4) is 22.6 Å². The summed E-state index contributed by atoms with van der Waals surface area (Å²) in [7, 11) is -1.58. The van der Waals surface area contributed by atoms with E-state index in [1.807, 2.05) is 23.9 Å². The van der Waals surface area contributed by atoms with Crippen LogP contribution in [0.15, 0.2) is 30.7 Å². The number of aryl methyl sites for hydroxylation is 1. The first kappa shape index (κ1) is 24.9. The Morgan fingerprint density at radius 2 is 1.87 bits per heavy atom. The Morgan fingerprint density at radius 3 is 2.59 bits per heavy atom. The van der Waals surface area contributed by atoms with Gasteiger partial charge in [0.05, 0.1) is 51.4 Å². The molecule has 0 amide bonds. The van der Waals surface area contributed by atoms with Gasteiger partial charge in [0.2, 0.25) is 0 Å². The van der Waals surface area contributed by atoms with Crippen molar-refractivity contribution in [2.24, 2.45) is 7.05 Å². The molecular weight excluding hydrogens is 538 g/mol. The molecule has 3 fully saturated rings. The van der Waals surface area contributed by atoms with E-state index in [2.05, 4.69) is 27.6 Å². The zero-order valence-electron chi connectivity index (χ0n) is 21.8. The highest BCUT2D eigenvalue weighted by Gasteiger charge is 2.53. The van der Waals surface area contributed by atoms with E-state index < -0.39 is 15.7 Å². The average molecular weight is 568 g/mol. The molecule has 4 heterocycles. The summed E-state index contributed by atoms with van der Waals surface area (Å²) in [6.45, 7) is 2.13. The van der Waals surface area contributed by atoms with Gasteiger partial charge in [0.25, 0.3) is 10.0 Å². The van der Waals surface area contributed by atoms with Gasteiger partial charge in [-0.1, -0.05) is 30.9 Å². The molecule has 2 aliphatic carbocycles. The van der Waals surface area contributed by atoms with Crippen molar-refractivity contribution in [1.82, 2.24) is 39.6 Å². The van der Waals surface area contributed by atoms with Crippen LogP contribution in [0, 0.1) is 0 Å². The Balaban J connectivity index is 1.33. The normalized spacial score (nSPS) is 20.4. The number of nitrogens with zero attached hydrogens (tertiary/aromatic N) is 6. The molecule has 7 rings (SSSR count). The van der Waals surface area contributed by atoms with E-state index in [9.17, 15) is 8.42 Å². The van der Waals surface area contributed by atoms with Gasteiger partial charge in [0.1, 0.15) is 5.66 Å². The fourth-order valence-electron chi connectivity index (χ4n) is 6.36. The van der Waals surface area contributed by atoms with Crippen molar-refractivity contribution in [1.29, 1.82) is 0 Å². The Morgan fingerprint density at radius 1 is 1.13 bits per heavy atom. The molecule has 2 saturated carbocycles. The van der Waals surface area contributed by atoms with Crippen molar-refractivity contribution in [3.05, 3.63) is 41.4 Å². The van der Waals surface area contributed by atoms with Crippen LogP contribution >= 0.6 is 11.6 Å². The number of rotatable bonds is 5. The summed E-state index contributed by atoms with van der Waals surface area (Å²) in [5, 5.41) is 17.4. The van der Waals surface area contributed by atoms with Gasteiger partial charge in [-0.15, -0.1) is 0 Å². The van der Waals surface area contributed by atoms with Gasteiger partial charge < -0.3 is 5.73 Å². The van der Waals surface area contributed by atoms with Gasteiger partial charge in [-0.05, 0) is 44.7 Å². The molecule has 0 radical (unpaired) electrons. The lowest BCUT2D eigenvalue weighted by Crippen LogP contribution is -2.82. The maximum atomic E-state index is 12.7. The number of nitrogen functional groups attached to an aromatic ring is 1. The van der Waals surface area contributed by atoms with E-state index in [1.165, 1.54) is 37.9 Å². The fourth-order valence-corrected chi connectivity index (χ4v) is 8.04. The Kier molecular flexibility index (Phi) is 5.42. The minimum absolute atomic E-state index is 0.0531. The summed E-state index contributed by atoms with van der Waals surface area (Å²) < 4.78 is 28.3. The smallest absolute Gasteiger partial charge is 0.256 e. The van der Waals surface area contributed by atoms with Crippen molar-refractivity contribution < 1.29 is 8.42 Å². The van der Waals surface area contributed by atoms with Crippen LogP contribution in [-0.2, 0) is 22.7 Å². The van der Waals surface area contributed by atoms with Gasteiger partial charge in [-0.2, -0.15) is 14.3 Å².